The van der Waals surface area contributed by atoms with Crippen LogP contribution in [0.5, 0.6) is 0 Å². The second kappa shape index (κ2) is 5.27. The maximum absolute atomic E-state index is 5.67. The number of pyridine rings is 1. The molecule has 3 atom stereocenters. The second-order valence-electron chi connectivity index (χ2n) is 5.99. The van der Waals surface area contributed by atoms with Gasteiger partial charge in [0.1, 0.15) is 5.82 Å². The lowest BCUT2D eigenvalue weighted by atomic mass is 9.78. The molecule has 0 radical (unpaired) electrons. The quantitative estimate of drug-likeness (QED) is 0.908. The molecule has 3 unspecified atom stereocenters. The summed E-state index contributed by atoms with van der Waals surface area (Å²) >= 11 is 0. The van der Waals surface area contributed by atoms with Crippen LogP contribution >= 0.6 is 0 Å². The Bertz CT molecular complexity index is 572. The monoisotopic (exact) mass is 270 g/mol. The predicted molar refractivity (Wildman–Crippen MR) is 81.1 cm³/mol. The summed E-state index contributed by atoms with van der Waals surface area (Å²) in [7, 11) is 0. The van der Waals surface area contributed by atoms with Crippen LogP contribution in [0.4, 0.5) is 5.82 Å². The van der Waals surface area contributed by atoms with Crippen molar-refractivity contribution >= 4 is 5.82 Å². The first kappa shape index (κ1) is 13.2. The molecule has 0 aliphatic heterocycles. The molecule has 1 saturated carbocycles. The lowest BCUT2D eigenvalue weighted by molar-refractivity contribution is 0.187. The lowest BCUT2D eigenvalue weighted by Gasteiger charge is -2.35. The fourth-order valence-corrected chi connectivity index (χ4v) is 3.30. The Morgan fingerprint density at radius 3 is 2.80 bits per heavy atom. The molecule has 2 aromatic rings. The van der Waals surface area contributed by atoms with E-state index in [4.69, 9.17) is 5.73 Å². The molecule has 20 heavy (non-hydrogen) atoms. The van der Waals surface area contributed by atoms with Gasteiger partial charge in [-0.25, -0.2) is 9.97 Å². The van der Waals surface area contributed by atoms with E-state index in [0.717, 1.165) is 17.2 Å². The standard InChI is InChI=1S/C16H22N4/c1-11-4-3-5-14(12(11)2)20-10-18-9-15(20)13-6-7-16(17)19-8-13/h6-12,14H,3-5H2,1-2H3,(H2,17,19). The van der Waals surface area contributed by atoms with Gasteiger partial charge in [-0.2, -0.15) is 0 Å². The molecule has 4 nitrogen and oxygen atoms in total. The highest BCUT2D eigenvalue weighted by Crippen LogP contribution is 2.39. The molecule has 0 spiro atoms. The average molecular weight is 270 g/mol. The topological polar surface area (TPSA) is 56.7 Å². The molecule has 1 aliphatic rings. The first-order valence-corrected chi connectivity index (χ1v) is 7.40. The van der Waals surface area contributed by atoms with Crippen LogP contribution in [0.1, 0.15) is 39.2 Å². The minimum absolute atomic E-state index is 0.536. The van der Waals surface area contributed by atoms with E-state index in [1.54, 1.807) is 0 Å². The van der Waals surface area contributed by atoms with Gasteiger partial charge in [0.15, 0.2) is 0 Å². The molecule has 0 aromatic carbocycles. The molecule has 4 heteroatoms. The summed E-state index contributed by atoms with van der Waals surface area (Å²) in [5.41, 5.74) is 7.90. The fraction of sp³-hybridized carbons (Fsp3) is 0.500. The van der Waals surface area contributed by atoms with Gasteiger partial charge in [-0.15, -0.1) is 0 Å². The summed E-state index contributed by atoms with van der Waals surface area (Å²) in [4.78, 5) is 8.55. The Hall–Kier alpha value is -1.84. The van der Waals surface area contributed by atoms with Crippen molar-refractivity contribution in [2.45, 2.75) is 39.2 Å². The molecule has 2 N–H and O–H groups in total. The van der Waals surface area contributed by atoms with Crippen LogP contribution in [0, 0.1) is 11.8 Å². The van der Waals surface area contributed by atoms with Crippen LogP contribution in [0.25, 0.3) is 11.3 Å². The highest BCUT2D eigenvalue weighted by atomic mass is 15.1. The summed E-state index contributed by atoms with van der Waals surface area (Å²) in [6.07, 6.45) is 9.60. The number of anilines is 1. The molecule has 0 saturated heterocycles. The van der Waals surface area contributed by atoms with E-state index in [1.807, 2.05) is 30.9 Å². The molecule has 1 fully saturated rings. The third kappa shape index (κ3) is 2.30. The normalized spacial score (nSPS) is 26.6. The first-order valence-electron chi connectivity index (χ1n) is 7.40. The highest BCUT2D eigenvalue weighted by molar-refractivity contribution is 5.59. The van der Waals surface area contributed by atoms with Crippen LogP contribution in [0.15, 0.2) is 30.9 Å². The number of nitrogens with two attached hydrogens (primary N) is 1. The molecular weight excluding hydrogens is 248 g/mol. The zero-order valence-corrected chi connectivity index (χ0v) is 12.2. The van der Waals surface area contributed by atoms with Gasteiger partial charge in [0, 0.05) is 17.8 Å². The molecule has 2 heterocycles. The molecule has 3 rings (SSSR count). The van der Waals surface area contributed by atoms with Crippen molar-refractivity contribution in [3.8, 4) is 11.3 Å². The molecule has 1 aliphatic carbocycles. The maximum atomic E-state index is 5.67. The van der Waals surface area contributed by atoms with Crippen molar-refractivity contribution in [1.82, 2.24) is 14.5 Å². The number of hydrogen-bond acceptors (Lipinski definition) is 3. The van der Waals surface area contributed by atoms with Gasteiger partial charge in [0.05, 0.1) is 18.2 Å². The van der Waals surface area contributed by atoms with Crippen LogP contribution in [-0.4, -0.2) is 14.5 Å². The maximum Gasteiger partial charge on any atom is 0.123 e. The molecule has 0 bridgehead atoms. The molecule has 2 aromatic heterocycles. The summed E-state index contributed by atoms with van der Waals surface area (Å²) in [5, 5.41) is 0. The van der Waals surface area contributed by atoms with E-state index in [9.17, 15) is 0 Å². The molecule has 0 amide bonds. The Morgan fingerprint density at radius 1 is 1.20 bits per heavy atom. The SMILES string of the molecule is CC1CCCC(n2cncc2-c2ccc(N)nc2)C1C. The fourth-order valence-electron chi connectivity index (χ4n) is 3.30. The van der Waals surface area contributed by atoms with E-state index >= 15 is 0 Å². The number of rotatable bonds is 2. The zero-order chi connectivity index (χ0) is 14.1. The van der Waals surface area contributed by atoms with E-state index in [1.165, 1.54) is 19.3 Å². The van der Waals surface area contributed by atoms with E-state index in [0.29, 0.717) is 17.8 Å². The smallest absolute Gasteiger partial charge is 0.123 e. The van der Waals surface area contributed by atoms with Gasteiger partial charge in [-0.1, -0.05) is 26.7 Å². The summed E-state index contributed by atoms with van der Waals surface area (Å²) in [6, 6.07) is 4.40. The van der Waals surface area contributed by atoms with Gasteiger partial charge in [0.2, 0.25) is 0 Å². The van der Waals surface area contributed by atoms with Crippen LogP contribution in [0.2, 0.25) is 0 Å². The minimum Gasteiger partial charge on any atom is -0.384 e. The molecular formula is C16H22N4. The Labute approximate surface area is 120 Å². The summed E-state index contributed by atoms with van der Waals surface area (Å²) < 4.78 is 2.33. The zero-order valence-electron chi connectivity index (χ0n) is 12.2. The van der Waals surface area contributed by atoms with Crippen molar-refractivity contribution < 1.29 is 0 Å². The lowest BCUT2D eigenvalue weighted by Crippen LogP contribution is -2.27. The van der Waals surface area contributed by atoms with Crippen molar-refractivity contribution in [3.05, 3.63) is 30.9 Å². The van der Waals surface area contributed by atoms with Crippen LogP contribution in [-0.2, 0) is 0 Å². The predicted octanol–water partition coefficient (Wildman–Crippen LogP) is 3.52. The van der Waals surface area contributed by atoms with E-state index in [-0.39, 0.29) is 0 Å². The average Bonchev–Trinajstić information content (AvgIpc) is 2.92. The van der Waals surface area contributed by atoms with Gasteiger partial charge in [-0.05, 0) is 30.4 Å². The van der Waals surface area contributed by atoms with Crippen molar-refractivity contribution in [2.75, 3.05) is 5.73 Å². The van der Waals surface area contributed by atoms with E-state index in [2.05, 4.69) is 28.4 Å². The largest absolute Gasteiger partial charge is 0.384 e. The number of hydrogen-bond donors (Lipinski definition) is 1. The van der Waals surface area contributed by atoms with E-state index < -0.39 is 0 Å². The summed E-state index contributed by atoms with van der Waals surface area (Å²) in [5.74, 6) is 2.01. The number of imidazole rings is 1. The Balaban J connectivity index is 1.95. The Kier molecular flexibility index (Phi) is 3.47. The van der Waals surface area contributed by atoms with Gasteiger partial charge in [-0.3, -0.25) is 0 Å². The first-order chi connectivity index (χ1) is 9.66. The van der Waals surface area contributed by atoms with Crippen molar-refractivity contribution in [3.63, 3.8) is 0 Å². The number of nitrogens with zero attached hydrogens (tertiary/aromatic N) is 3. The van der Waals surface area contributed by atoms with Crippen molar-refractivity contribution in [2.24, 2.45) is 11.8 Å². The van der Waals surface area contributed by atoms with Crippen molar-refractivity contribution in [1.29, 1.82) is 0 Å². The van der Waals surface area contributed by atoms with Gasteiger partial charge in [0.25, 0.3) is 0 Å². The second-order valence-corrected chi connectivity index (χ2v) is 5.99. The third-order valence-electron chi connectivity index (χ3n) is 4.77. The third-order valence-corrected chi connectivity index (χ3v) is 4.77. The van der Waals surface area contributed by atoms with Gasteiger partial charge >= 0.3 is 0 Å². The van der Waals surface area contributed by atoms with Crippen LogP contribution in [0.3, 0.4) is 0 Å². The Morgan fingerprint density at radius 2 is 2.05 bits per heavy atom. The van der Waals surface area contributed by atoms with Gasteiger partial charge < -0.3 is 10.3 Å². The minimum atomic E-state index is 0.536. The highest BCUT2D eigenvalue weighted by Gasteiger charge is 2.29. The number of nitrogen functional groups attached to an aromatic ring is 1. The summed E-state index contributed by atoms with van der Waals surface area (Å²) in [6.45, 7) is 4.72. The van der Waals surface area contributed by atoms with Crippen LogP contribution < -0.4 is 5.73 Å². The number of aromatic nitrogens is 3. The molecule has 106 valence electrons.